The maximum Gasteiger partial charge on any atom is 0.197 e. The van der Waals surface area contributed by atoms with Crippen molar-refractivity contribution in [2.24, 2.45) is 0 Å². The molecule has 0 amide bonds. The number of hydrogen-bond acceptors (Lipinski definition) is 3. The van der Waals surface area contributed by atoms with Crippen molar-refractivity contribution in [2.45, 2.75) is 6.42 Å². The first kappa shape index (κ1) is 21.4. The summed E-state index contributed by atoms with van der Waals surface area (Å²) in [6.45, 7) is 0. The standard InChI is InChI=1S/C31H22O3/c32-27(22-13-5-1-6-14-22)21-26-28(29(33)23-15-7-2-8-16-23)31(25-19-11-4-12-20-25)34-30(26)24-17-9-3-10-18-24/h1-20H,21H2. The Balaban J connectivity index is 1.74. The van der Waals surface area contributed by atoms with E-state index < -0.39 is 0 Å². The Morgan fingerprint density at radius 1 is 0.529 bits per heavy atom. The van der Waals surface area contributed by atoms with E-state index in [-0.39, 0.29) is 18.0 Å². The summed E-state index contributed by atoms with van der Waals surface area (Å²) < 4.78 is 6.42. The molecule has 0 aliphatic heterocycles. The van der Waals surface area contributed by atoms with Crippen LogP contribution in [0.4, 0.5) is 0 Å². The monoisotopic (exact) mass is 442 g/mol. The molecule has 3 nitrogen and oxygen atoms in total. The van der Waals surface area contributed by atoms with Crippen LogP contribution in [0.1, 0.15) is 31.8 Å². The fourth-order valence-corrected chi connectivity index (χ4v) is 4.11. The molecule has 34 heavy (non-hydrogen) atoms. The van der Waals surface area contributed by atoms with Gasteiger partial charge in [-0.15, -0.1) is 0 Å². The summed E-state index contributed by atoms with van der Waals surface area (Å²) in [5.41, 5.74) is 3.80. The molecule has 0 fully saturated rings. The molecule has 0 saturated heterocycles. The highest BCUT2D eigenvalue weighted by Gasteiger charge is 2.29. The molecule has 0 radical (unpaired) electrons. The summed E-state index contributed by atoms with van der Waals surface area (Å²) in [5.74, 6) is 0.786. The van der Waals surface area contributed by atoms with E-state index >= 15 is 0 Å². The second kappa shape index (κ2) is 9.55. The van der Waals surface area contributed by atoms with Crippen molar-refractivity contribution >= 4 is 11.6 Å². The van der Waals surface area contributed by atoms with E-state index in [1.807, 2.05) is 97.1 Å². The maximum absolute atomic E-state index is 13.9. The third-order valence-electron chi connectivity index (χ3n) is 5.78. The van der Waals surface area contributed by atoms with Gasteiger partial charge in [0, 0.05) is 34.2 Å². The van der Waals surface area contributed by atoms with Crippen LogP contribution in [-0.4, -0.2) is 11.6 Å². The van der Waals surface area contributed by atoms with Crippen molar-refractivity contribution in [2.75, 3.05) is 0 Å². The summed E-state index contributed by atoms with van der Waals surface area (Å²) in [4.78, 5) is 27.2. The summed E-state index contributed by atoms with van der Waals surface area (Å²) in [6.07, 6.45) is 0.0540. The minimum absolute atomic E-state index is 0.0540. The first-order valence-corrected chi connectivity index (χ1v) is 11.2. The molecule has 5 rings (SSSR count). The Bertz CT molecular complexity index is 1420. The van der Waals surface area contributed by atoms with E-state index in [9.17, 15) is 9.59 Å². The number of Topliss-reactive ketones (excluding diaryl/α,β-unsaturated/α-hetero) is 1. The molecule has 0 aliphatic rings. The molecule has 0 bridgehead atoms. The van der Waals surface area contributed by atoms with Crippen molar-refractivity contribution in [3.8, 4) is 22.6 Å². The van der Waals surface area contributed by atoms with Crippen LogP contribution in [0.25, 0.3) is 22.6 Å². The average molecular weight is 443 g/mol. The zero-order valence-corrected chi connectivity index (χ0v) is 18.5. The van der Waals surface area contributed by atoms with Gasteiger partial charge in [0.05, 0.1) is 5.56 Å². The first-order valence-electron chi connectivity index (χ1n) is 11.2. The van der Waals surface area contributed by atoms with Crippen molar-refractivity contribution in [3.05, 3.63) is 144 Å². The Morgan fingerprint density at radius 3 is 1.50 bits per heavy atom. The fraction of sp³-hybridized carbons (Fsp3) is 0.0323. The predicted molar refractivity (Wildman–Crippen MR) is 134 cm³/mol. The second-order valence-corrected chi connectivity index (χ2v) is 8.01. The number of rotatable bonds is 7. The topological polar surface area (TPSA) is 47.3 Å². The normalized spacial score (nSPS) is 10.7. The number of benzene rings is 4. The Kier molecular flexibility index (Phi) is 6.00. The molecule has 5 aromatic rings. The minimum Gasteiger partial charge on any atom is -0.455 e. The van der Waals surface area contributed by atoms with Gasteiger partial charge in [0.25, 0.3) is 0 Å². The molecule has 4 aromatic carbocycles. The van der Waals surface area contributed by atoms with Gasteiger partial charge >= 0.3 is 0 Å². The first-order chi connectivity index (χ1) is 16.7. The van der Waals surface area contributed by atoms with Gasteiger partial charge in [0.15, 0.2) is 11.6 Å². The van der Waals surface area contributed by atoms with Gasteiger partial charge in [-0.25, -0.2) is 0 Å². The van der Waals surface area contributed by atoms with Crippen LogP contribution < -0.4 is 0 Å². The van der Waals surface area contributed by atoms with E-state index in [1.165, 1.54) is 0 Å². The van der Waals surface area contributed by atoms with Crippen molar-refractivity contribution in [1.82, 2.24) is 0 Å². The fourth-order valence-electron chi connectivity index (χ4n) is 4.11. The van der Waals surface area contributed by atoms with Crippen LogP contribution in [0, 0.1) is 0 Å². The summed E-state index contributed by atoms with van der Waals surface area (Å²) >= 11 is 0. The molecule has 0 unspecified atom stereocenters. The highest BCUT2D eigenvalue weighted by Crippen LogP contribution is 2.39. The van der Waals surface area contributed by atoms with Crippen LogP contribution in [0.5, 0.6) is 0 Å². The molecular weight excluding hydrogens is 420 g/mol. The lowest BCUT2D eigenvalue weighted by atomic mass is 9.91. The predicted octanol–water partition coefficient (Wildman–Crippen LogP) is 7.27. The van der Waals surface area contributed by atoms with Crippen LogP contribution >= 0.6 is 0 Å². The van der Waals surface area contributed by atoms with Crippen LogP contribution in [-0.2, 0) is 6.42 Å². The molecule has 0 spiro atoms. The van der Waals surface area contributed by atoms with E-state index in [0.29, 0.717) is 33.8 Å². The van der Waals surface area contributed by atoms with Crippen LogP contribution in [0.2, 0.25) is 0 Å². The number of ketones is 2. The number of furan rings is 1. The molecule has 1 heterocycles. The van der Waals surface area contributed by atoms with Crippen molar-refractivity contribution in [3.63, 3.8) is 0 Å². The highest BCUT2D eigenvalue weighted by molar-refractivity contribution is 6.15. The SMILES string of the molecule is O=C(Cc1c(-c2ccccc2)oc(-c2ccccc2)c1C(=O)c1ccccc1)c1ccccc1. The van der Waals surface area contributed by atoms with E-state index in [4.69, 9.17) is 4.42 Å². The lowest BCUT2D eigenvalue weighted by molar-refractivity contribution is 0.0992. The third-order valence-corrected chi connectivity index (χ3v) is 5.78. The van der Waals surface area contributed by atoms with E-state index in [2.05, 4.69) is 0 Å². The summed E-state index contributed by atoms with van der Waals surface area (Å²) in [6, 6.07) is 37.5. The molecule has 3 heteroatoms. The maximum atomic E-state index is 13.9. The van der Waals surface area contributed by atoms with Gasteiger partial charge in [-0.2, -0.15) is 0 Å². The highest BCUT2D eigenvalue weighted by atomic mass is 16.3. The van der Waals surface area contributed by atoms with Gasteiger partial charge in [0.1, 0.15) is 11.5 Å². The zero-order chi connectivity index (χ0) is 23.3. The minimum atomic E-state index is -0.166. The van der Waals surface area contributed by atoms with Gasteiger partial charge in [-0.05, 0) is 0 Å². The zero-order valence-electron chi connectivity index (χ0n) is 18.5. The number of carbonyl (C=O) groups excluding carboxylic acids is 2. The Hall–Kier alpha value is -4.50. The molecule has 0 atom stereocenters. The quantitative estimate of drug-likeness (QED) is 0.249. The molecule has 0 N–H and O–H groups in total. The van der Waals surface area contributed by atoms with E-state index in [0.717, 1.165) is 11.1 Å². The Morgan fingerprint density at radius 2 is 0.971 bits per heavy atom. The molecule has 1 aromatic heterocycles. The Labute approximate surface area is 198 Å². The van der Waals surface area contributed by atoms with Crippen LogP contribution in [0.3, 0.4) is 0 Å². The van der Waals surface area contributed by atoms with Gasteiger partial charge < -0.3 is 4.42 Å². The second-order valence-electron chi connectivity index (χ2n) is 8.01. The number of hydrogen-bond donors (Lipinski definition) is 0. The summed E-state index contributed by atoms with van der Waals surface area (Å²) in [7, 11) is 0. The average Bonchev–Trinajstić information content (AvgIpc) is 3.29. The van der Waals surface area contributed by atoms with E-state index in [1.54, 1.807) is 24.3 Å². The largest absolute Gasteiger partial charge is 0.455 e. The lowest BCUT2D eigenvalue weighted by Gasteiger charge is -2.07. The third kappa shape index (κ3) is 4.24. The number of carbonyl (C=O) groups is 2. The summed E-state index contributed by atoms with van der Waals surface area (Å²) in [5, 5.41) is 0. The van der Waals surface area contributed by atoms with Gasteiger partial charge in [0.2, 0.25) is 0 Å². The van der Waals surface area contributed by atoms with Crippen molar-refractivity contribution < 1.29 is 14.0 Å². The smallest absolute Gasteiger partial charge is 0.197 e. The lowest BCUT2D eigenvalue weighted by Crippen LogP contribution is -2.10. The molecule has 164 valence electrons. The van der Waals surface area contributed by atoms with Crippen molar-refractivity contribution in [1.29, 1.82) is 0 Å². The molecule has 0 aliphatic carbocycles. The molecule has 0 saturated carbocycles. The molecular formula is C31H22O3. The van der Waals surface area contributed by atoms with Gasteiger partial charge in [-0.1, -0.05) is 121 Å². The van der Waals surface area contributed by atoms with Crippen LogP contribution in [0.15, 0.2) is 126 Å². The van der Waals surface area contributed by atoms with Gasteiger partial charge in [-0.3, -0.25) is 9.59 Å².